The number of hydrogen-bond acceptors (Lipinski definition) is 3. The predicted octanol–water partition coefficient (Wildman–Crippen LogP) is 6.10. The summed E-state index contributed by atoms with van der Waals surface area (Å²) in [7, 11) is 0. The molecule has 3 aromatic rings. The number of nitrogens with zero attached hydrogens (tertiary/aromatic N) is 2. The molecule has 0 aliphatic rings. The Morgan fingerprint density at radius 2 is 1.68 bits per heavy atom. The van der Waals surface area contributed by atoms with E-state index in [2.05, 4.69) is 53.2 Å². The van der Waals surface area contributed by atoms with Crippen LogP contribution in [0.3, 0.4) is 0 Å². The fourth-order valence-corrected chi connectivity index (χ4v) is 4.27. The smallest absolute Gasteiger partial charge is 0.226 e. The number of carbonyl (C=O) groups is 1. The van der Waals surface area contributed by atoms with Gasteiger partial charge in [-0.15, -0.1) is 11.6 Å². The summed E-state index contributed by atoms with van der Waals surface area (Å²) in [5.41, 5.74) is 3.84. The largest absolute Gasteiger partial charge is 0.355 e. The Morgan fingerprint density at radius 3 is 2.26 bits per heavy atom. The van der Waals surface area contributed by atoms with Crippen LogP contribution in [0.5, 0.6) is 0 Å². The van der Waals surface area contributed by atoms with Gasteiger partial charge in [-0.3, -0.25) is 4.79 Å². The molecule has 0 atom stereocenters. The zero-order valence-corrected chi connectivity index (χ0v) is 20.0. The third-order valence-electron chi connectivity index (χ3n) is 5.04. The molecule has 0 saturated carbocycles. The number of thioether (sulfide) groups is 1. The van der Waals surface area contributed by atoms with E-state index in [4.69, 9.17) is 16.6 Å². The van der Waals surface area contributed by atoms with Gasteiger partial charge in [0.15, 0.2) is 5.16 Å². The van der Waals surface area contributed by atoms with E-state index in [0.717, 1.165) is 46.4 Å². The van der Waals surface area contributed by atoms with Crippen molar-refractivity contribution < 1.29 is 4.79 Å². The van der Waals surface area contributed by atoms with E-state index in [1.807, 2.05) is 38.1 Å². The number of nitrogens with one attached hydrogen (secondary N) is 1. The van der Waals surface area contributed by atoms with E-state index in [0.29, 0.717) is 12.4 Å². The number of alkyl halides is 1. The van der Waals surface area contributed by atoms with Gasteiger partial charge in [-0.2, -0.15) is 0 Å². The molecule has 0 bridgehead atoms. The van der Waals surface area contributed by atoms with Crippen LogP contribution >= 0.6 is 23.4 Å². The Kier molecular flexibility index (Phi) is 8.22. The molecule has 1 N–H and O–H groups in total. The Balaban J connectivity index is 1.88. The summed E-state index contributed by atoms with van der Waals surface area (Å²) in [5.74, 6) is 1.02. The first kappa shape index (κ1) is 23.4. The normalized spacial score (nSPS) is 11.5. The lowest BCUT2D eigenvalue weighted by molar-refractivity contribution is -0.128. The van der Waals surface area contributed by atoms with Gasteiger partial charge in [0.1, 0.15) is 0 Å². The predicted molar refractivity (Wildman–Crippen MR) is 132 cm³/mol. The summed E-state index contributed by atoms with van der Waals surface area (Å²) in [5, 5.41) is 3.98. The standard InChI is InChI=1S/C25H30ClN3OS/c1-4-16-29-22(20-13-9-6-10-14-20)21(19-11-7-5-8-12-19)28-24(29)31-17-15-27-23(30)25(2,3)18-26/h5-14H,4,15-18H2,1-3H3,(H,27,30). The Morgan fingerprint density at radius 1 is 1.06 bits per heavy atom. The monoisotopic (exact) mass is 455 g/mol. The van der Waals surface area contributed by atoms with Gasteiger partial charge < -0.3 is 9.88 Å². The van der Waals surface area contributed by atoms with Crippen LogP contribution in [0.1, 0.15) is 27.2 Å². The highest BCUT2D eigenvalue weighted by atomic mass is 35.5. The molecule has 1 heterocycles. The van der Waals surface area contributed by atoms with Crippen LogP contribution in [0.2, 0.25) is 0 Å². The van der Waals surface area contributed by atoms with Crippen molar-refractivity contribution in [3.63, 3.8) is 0 Å². The quantitative estimate of drug-likeness (QED) is 0.228. The third-order valence-corrected chi connectivity index (χ3v) is 6.69. The van der Waals surface area contributed by atoms with Crippen molar-refractivity contribution in [1.29, 1.82) is 0 Å². The number of benzene rings is 2. The molecule has 2 aromatic carbocycles. The van der Waals surface area contributed by atoms with E-state index in [9.17, 15) is 4.79 Å². The molecule has 164 valence electrons. The molecule has 6 heteroatoms. The maximum atomic E-state index is 12.3. The molecule has 0 spiro atoms. The molecule has 4 nitrogen and oxygen atoms in total. The van der Waals surface area contributed by atoms with Crippen molar-refractivity contribution in [1.82, 2.24) is 14.9 Å². The lowest BCUT2D eigenvalue weighted by atomic mass is 9.95. The van der Waals surface area contributed by atoms with Crippen LogP contribution in [0.15, 0.2) is 65.8 Å². The zero-order chi connectivity index (χ0) is 22.3. The van der Waals surface area contributed by atoms with E-state index < -0.39 is 5.41 Å². The molecule has 31 heavy (non-hydrogen) atoms. The number of amides is 1. The number of imidazole rings is 1. The van der Waals surface area contributed by atoms with Gasteiger partial charge in [0.25, 0.3) is 0 Å². The van der Waals surface area contributed by atoms with Crippen LogP contribution in [0.25, 0.3) is 22.5 Å². The highest BCUT2D eigenvalue weighted by Crippen LogP contribution is 2.36. The van der Waals surface area contributed by atoms with Crippen molar-refractivity contribution in [2.24, 2.45) is 5.41 Å². The van der Waals surface area contributed by atoms with Gasteiger partial charge in [0.05, 0.1) is 16.8 Å². The van der Waals surface area contributed by atoms with E-state index in [1.165, 1.54) is 0 Å². The molecular weight excluding hydrogens is 426 g/mol. The second kappa shape index (κ2) is 10.9. The molecule has 0 unspecified atom stereocenters. The number of aromatic nitrogens is 2. The minimum Gasteiger partial charge on any atom is -0.355 e. The van der Waals surface area contributed by atoms with Crippen LogP contribution < -0.4 is 5.32 Å². The summed E-state index contributed by atoms with van der Waals surface area (Å²) in [6.45, 7) is 7.35. The summed E-state index contributed by atoms with van der Waals surface area (Å²) in [6.07, 6.45) is 1.01. The molecule has 0 radical (unpaired) electrons. The summed E-state index contributed by atoms with van der Waals surface area (Å²) in [6, 6.07) is 20.8. The number of hydrogen-bond donors (Lipinski definition) is 1. The van der Waals surface area contributed by atoms with Crippen molar-refractivity contribution >= 4 is 29.3 Å². The fraction of sp³-hybridized carbons (Fsp3) is 0.360. The molecule has 0 fully saturated rings. The van der Waals surface area contributed by atoms with Gasteiger partial charge in [0, 0.05) is 35.8 Å². The summed E-state index contributed by atoms with van der Waals surface area (Å²) >= 11 is 7.59. The molecule has 1 aromatic heterocycles. The lowest BCUT2D eigenvalue weighted by Gasteiger charge is -2.20. The van der Waals surface area contributed by atoms with Crippen LogP contribution in [0, 0.1) is 5.41 Å². The second-order valence-corrected chi connectivity index (χ2v) is 9.43. The Hall–Kier alpha value is -2.24. The first-order valence-corrected chi connectivity index (χ1v) is 12.2. The molecule has 0 aliphatic carbocycles. The molecule has 0 aliphatic heterocycles. The van der Waals surface area contributed by atoms with Crippen LogP contribution in [-0.2, 0) is 11.3 Å². The average Bonchev–Trinajstić information content (AvgIpc) is 3.16. The maximum Gasteiger partial charge on any atom is 0.226 e. The van der Waals surface area contributed by atoms with Crippen molar-refractivity contribution in [2.45, 2.75) is 38.9 Å². The van der Waals surface area contributed by atoms with Gasteiger partial charge >= 0.3 is 0 Å². The molecular formula is C25H30ClN3OS. The van der Waals surface area contributed by atoms with Crippen molar-refractivity contribution in [2.75, 3.05) is 18.2 Å². The van der Waals surface area contributed by atoms with Gasteiger partial charge in [-0.1, -0.05) is 79.3 Å². The number of carbonyl (C=O) groups excluding carboxylic acids is 1. The maximum absolute atomic E-state index is 12.3. The fourth-order valence-electron chi connectivity index (χ4n) is 3.27. The second-order valence-electron chi connectivity index (χ2n) is 8.10. The minimum absolute atomic E-state index is 0.0186. The molecule has 1 amide bonds. The van der Waals surface area contributed by atoms with Gasteiger partial charge in [-0.25, -0.2) is 4.98 Å². The zero-order valence-electron chi connectivity index (χ0n) is 18.4. The van der Waals surface area contributed by atoms with E-state index in [-0.39, 0.29) is 5.91 Å². The van der Waals surface area contributed by atoms with Crippen LogP contribution in [-0.4, -0.2) is 33.6 Å². The van der Waals surface area contributed by atoms with Gasteiger partial charge in [-0.05, 0) is 20.3 Å². The minimum atomic E-state index is -0.562. The Bertz CT molecular complexity index is 987. The van der Waals surface area contributed by atoms with Crippen molar-refractivity contribution in [3.8, 4) is 22.5 Å². The van der Waals surface area contributed by atoms with E-state index >= 15 is 0 Å². The number of halogens is 1. The summed E-state index contributed by atoms with van der Waals surface area (Å²) < 4.78 is 2.31. The van der Waals surface area contributed by atoms with E-state index in [1.54, 1.807) is 11.8 Å². The highest BCUT2D eigenvalue weighted by Gasteiger charge is 2.26. The molecule has 3 rings (SSSR count). The van der Waals surface area contributed by atoms with Crippen LogP contribution in [0.4, 0.5) is 0 Å². The first-order valence-electron chi connectivity index (χ1n) is 10.7. The SMILES string of the molecule is CCCn1c(SCCNC(=O)C(C)(C)CCl)nc(-c2ccccc2)c1-c1ccccc1. The summed E-state index contributed by atoms with van der Waals surface area (Å²) in [4.78, 5) is 17.3. The van der Waals surface area contributed by atoms with Gasteiger partial charge in [0.2, 0.25) is 5.91 Å². The Labute approximate surface area is 194 Å². The molecule has 0 saturated heterocycles. The average molecular weight is 456 g/mol. The number of rotatable bonds is 10. The first-order chi connectivity index (χ1) is 15.0. The highest BCUT2D eigenvalue weighted by molar-refractivity contribution is 7.99. The van der Waals surface area contributed by atoms with Crippen molar-refractivity contribution in [3.05, 3.63) is 60.7 Å². The topological polar surface area (TPSA) is 46.9 Å². The third kappa shape index (κ3) is 5.72. The lowest BCUT2D eigenvalue weighted by Crippen LogP contribution is -2.39.